The van der Waals surface area contributed by atoms with Gasteiger partial charge in [0.2, 0.25) is 12.3 Å². The summed E-state index contributed by atoms with van der Waals surface area (Å²) in [5.74, 6) is -1.28. The number of aryl methyl sites for hydroxylation is 1. The van der Waals surface area contributed by atoms with Crippen molar-refractivity contribution < 1.29 is 27.1 Å². The summed E-state index contributed by atoms with van der Waals surface area (Å²) >= 11 is 0. The van der Waals surface area contributed by atoms with Crippen molar-refractivity contribution in [2.24, 2.45) is 5.73 Å². The van der Waals surface area contributed by atoms with Crippen molar-refractivity contribution in [2.45, 2.75) is 70.4 Å². The van der Waals surface area contributed by atoms with Gasteiger partial charge in [0.1, 0.15) is 18.2 Å². The van der Waals surface area contributed by atoms with Crippen molar-refractivity contribution in [3.63, 3.8) is 0 Å². The third-order valence-corrected chi connectivity index (χ3v) is 6.09. The Labute approximate surface area is 194 Å². The number of nitrogens with two attached hydrogens (primary N) is 1. The fraction of sp³-hybridized carbons (Fsp3) is 0.440. The maximum absolute atomic E-state index is 14.1. The van der Waals surface area contributed by atoms with Gasteiger partial charge in [-0.15, -0.1) is 0 Å². The molecule has 2 N–H and O–H groups in total. The molecule has 34 heavy (non-hydrogen) atoms. The zero-order valence-electron chi connectivity index (χ0n) is 19.1. The second-order valence-electron chi connectivity index (χ2n) is 9.36. The number of nitrogens with zero attached hydrogens (tertiary/aromatic N) is 2. The van der Waals surface area contributed by atoms with Gasteiger partial charge in [0.25, 0.3) is 0 Å². The molecule has 1 fully saturated rings. The third-order valence-electron chi connectivity index (χ3n) is 6.09. The molecule has 0 bridgehead atoms. The van der Waals surface area contributed by atoms with E-state index in [1.165, 1.54) is 17.5 Å². The number of carbonyl (C=O) groups excluding carboxylic acids is 1. The molecule has 0 saturated heterocycles. The normalized spacial score (nSPS) is 15.6. The minimum Gasteiger partial charge on any atom is -0.473 e. The Hall–Kier alpha value is -2.94. The number of ether oxygens (including phenoxy) is 1. The van der Waals surface area contributed by atoms with Gasteiger partial charge >= 0.3 is 0 Å². The molecule has 2 heterocycles. The van der Waals surface area contributed by atoms with Crippen LogP contribution in [-0.2, 0) is 6.61 Å². The lowest BCUT2D eigenvalue weighted by Crippen LogP contribution is -2.38. The van der Waals surface area contributed by atoms with Crippen LogP contribution in [0.5, 0.6) is 5.88 Å². The first-order chi connectivity index (χ1) is 16.1. The van der Waals surface area contributed by atoms with Crippen LogP contribution in [0.3, 0.4) is 0 Å². The van der Waals surface area contributed by atoms with E-state index in [4.69, 9.17) is 10.5 Å². The lowest BCUT2D eigenvalue weighted by molar-refractivity contribution is 0.0913. The minimum atomic E-state index is -2.55. The van der Waals surface area contributed by atoms with Crippen molar-refractivity contribution in [2.75, 3.05) is 0 Å². The van der Waals surface area contributed by atoms with Crippen LogP contribution in [0.1, 0.15) is 72.1 Å². The van der Waals surface area contributed by atoms with Crippen LogP contribution in [0.15, 0.2) is 30.3 Å². The summed E-state index contributed by atoms with van der Waals surface area (Å²) in [4.78, 5) is 13.3. The average Bonchev–Trinajstić information content (AvgIpc) is 3.51. The summed E-state index contributed by atoms with van der Waals surface area (Å²) in [6, 6.07) is 7.07. The lowest BCUT2D eigenvalue weighted by atomic mass is 9.90. The second-order valence-corrected chi connectivity index (χ2v) is 9.36. The molecule has 3 aromatic rings. The van der Waals surface area contributed by atoms with Gasteiger partial charge in [-0.1, -0.05) is 6.07 Å². The van der Waals surface area contributed by atoms with E-state index < -0.39 is 30.0 Å². The second kappa shape index (κ2) is 9.37. The highest BCUT2D eigenvalue weighted by molar-refractivity contribution is 6.04. The van der Waals surface area contributed by atoms with Crippen molar-refractivity contribution in [3.05, 3.63) is 64.4 Å². The molecule has 1 aromatic carbocycles. The summed E-state index contributed by atoms with van der Waals surface area (Å²) in [5, 5.41) is 4.62. The number of halogens is 4. The van der Waals surface area contributed by atoms with Gasteiger partial charge in [0.05, 0.1) is 22.3 Å². The van der Waals surface area contributed by atoms with Crippen molar-refractivity contribution in [1.82, 2.24) is 9.61 Å². The van der Waals surface area contributed by atoms with E-state index in [1.54, 1.807) is 12.1 Å². The molecule has 9 heteroatoms. The maximum Gasteiger partial charge on any atom is 0.240 e. The van der Waals surface area contributed by atoms with Crippen LogP contribution in [-0.4, -0.2) is 27.4 Å². The number of hydrogen-bond acceptors (Lipinski definition) is 4. The number of hydrogen-bond donors (Lipinski definition) is 1. The molecule has 182 valence electrons. The standard InChI is InChI=1S/C25H27F4N3O2/c1-14-10-19-23(20(33)8-9-25(2,30)12-21(28)29)24(15-6-7-15)31-32(19)22(11-14)34-13-16-17(26)4-3-5-18(16)27/h3-5,10-11,15,21H,6-9,12-13,30H2,1-2H3. The maximum atomic E-state index is 14.1. The molecule has 1 aliphatic carbocycles. The van der Waals surface area contributed by atoms with Crippen molar-refractivity contribution in [1.29, 1.82) is 0 Å². The first-order valence-corrected chi connectivity index (χ1v) is 11.2. The molecule has 5 nitrogen and oxygen atoms in total. The topological polar surface area (TPSA) is 69.6 Å². The van der Waals surface area contributed by atoms with Gasteiger partial charge < -0.3 is 10.5 Å². The molecule has 1 aliphatic rings. The smallest absolute Gasteiger partial charge is 0.240 e. The van der Waals surface area contributed by atoms with Crippen LogP contribution in [0, 0.1) is 18.6 Å². The number of alkyl halides is 2. The number of aromatic nitrogens is 2. The zero-order chi connectivity index (χ0) is 24.6. The highest BCUT2D eigenvalue weighted by Crippen LogP contribution is 2.43. The van der Waals surface area contributed by atoms with Gasteiger partial charge in [-0.05, 0) is 56.9 Å². The average molecular weight is 478 g/mol. The Morgan fingerprint density at radius 2 is 1.94 bits per heavy atom. The summed E-state index contributed by atoms with van der Waals surface area (Å²) < 4.78 is 61.0. The molecule has 0 spiro atoms. The van der Waals surface area contributed by atoms with Gasteiger partial charge in [0, 0.05) is 30.4 Å². The molecule has 4 rings (SSSR count). The van der Waals surface area contributed by atoms with Crippen LogP contribution < -0.4 is 10.5 Å². The Kier molecular flexibility index (Phi) is 6.66. The number of pyridine rings is 1. The molecule has 1 unspecified atom stereocenters. The molecule has 2 aromatic heterocycles. The Morgan fingerprint density at radius 1 is 1.26 bits per heavy atom. The highest BCUT2D eigenvalue weighted by Gasteiger charge is 2.34. The minimum absolute atomic E-state index is 0.00532. The van der Waals surface area contributed by atoms with E-state index in [-0.39, 0.29) is 42.6 Å². The zero-order valence-corrected chi connectivity index (χ0v) is 19.1. The van der Waals surface area contributed by atoms with Crippen molar-refractivity contribution >= 4 is 11.3 Å². The van der Waals surface area contributed by atoms with Gasteiger partial charge in [-0.25, -0.2) is 22.1 Å². The lowest BCUT2D eigenvalue weighted by Gasteiger charge is -2.23. The number of carbonyl (C=O) groups is 1. The predicted octanol–water partition coefficient (Wildman–Crippen LogP) is 5.71. The van der Waals surface area contributed by atoms with E-state index in [1.807, 2.05) is 6.92 Å². The molecular formula is C25H27F4N3O2. The van der Waals surface area contributed by atoms with Crippen LogP contribution in [0.2, 0.25) is 0 Å². The quantitative estimate of drug-likeness (QED) is 0.300. The molecule has 0 amide bonds. The van der Waals surface area contributed by atoms with E-state index >= 15 is 0 Å². The number of fused-ring (bicyclic) bond motifs is 1. The number of ketones is 1. The molecule has 1 atom stereocenters. The van der Waals surface area contributed by atoms with E-state index in [0.29, 0.717) is 16.8 Å². The number of Topliss-reactive ketones (excluding diaryl/α,β-unsaturated/α-hetero) is 1. The monoisotopic (exact) mass is 477 g/mol. The molecular weight excluding hydrogens is 450 g/mol. The van der Waals surface area contributed by atoms with E-state index in [0.717, 1.165) is 30.5 Å². The number of benzene rings is 1. The Balaban J connectivity index is 1.66. The fourth-order valence-corrected chi connectivity index (χ4v) is 4.09. The van der Waals surface area contributed by atoms with Crippen LogP contribution >= 0.6 is 0 Å². The van der Waals surface area contributed by atoms with E-state index in [9.17, 15) is 22.4 Å². The predicted molar refractivity (Wildman–Crippen MR) is 119 cm³/mol. The molecule has 1 saturated carbocycles. The first kappa shape index (κ1) is 24.2. The number of rotatable bonds is 10. The van der Waals surface area contributed by atoms with Gasteiger partial charge in [0.15, 0.2) is 5.78 Å². The van der Waals surface area contributed by atoms with E-state index in [2.05, 4.69) is 5.10 Å². The van der Waals surface area contributed by atoms with Crippen LogP contribution in [0.4, 0.5) is 17.6 Å². The first-order valence-electron chi connectivity index (χ1n) is 11.2. The highest BCUT2D eigenvalue weighted by atomic mass is 19.3. The summed E-state index contributed by atoms with van der Waals surface area (Å²) in [6.45, 7) is 2.98. The van der Waals surface area contributed by atoms with Gasteiger partial charge in [-0.3, -0.25) is 4.79 Å². The summed E-state index contributed by atoms with van der Waals surface area (Å²) in [5.41, 5.74) is 6.96. The summed E-state index contributed by atoms with van der Waals surface area (Å²) in [6.07, 6.45) is -1.15. The SMILES string of the molecule is Cc1cc(OCc2c(F)cccc2F)n2nc(C3CC3)c(C(=O)CCC(C)(N)CC(F)F)c2c1. The van der Waals surface area contributed by atoms with Gasteiger partial charge in [-0.2, -0.15) is 5.10 Å². The van der Waals surface area contributed by atoms with Crippen molar-refractivity contribution in [3.8, 4) is 5.88 Å². The third kappa shape index (κ3) is 5.24. The Bertz CT molecular complexity index is 1200. The Morgan fingerprint density at radius 3 is 2.56 bits per heavy atom. The summed E-state index contributed by atoms with van der Waals surface area (Å²) in [7, 11) is 0. The largest absolute Gasteiger partial charge is 0.473 e. The molecule has 0 aliphatic heterocycles. The van der Waals surface area contributed by atoms with Crippen LogP contribution in [0.25, 0.3) is 5.52 Å². The fourth-order valence-electron chi connectivity index (χ4n) is 4.09. The molecule has 0 radical (unpaired) electrons.